The molecule has 5 heteroatoms. The fourth-order valence-electron chi connectivity index (χ4n) is 3.32. The number of aromatic nitrogens is 2. The number of benzene rings is 3. The van der Waals surface area contributed by atoms with Crippen LogP contribution in [0, 0.1) is 0 Å². The molecule has 0 aliphatic heterocycles. The summed E-state index contributed by atoms with van der Waals surface area (Å²) in [5.41, 5.74) is 3.97. The predicted molar refractivity (Wildman–Crippen MR) is 116 cm³/mol. The Kier molecular flexibility index (Phi) is 5.45. The summed E-state index contributed by atoms with van der Waals surface area (Å²) in [7, 11) is 1.80. The lowest BCUT2D eigenvalue weighted by atomic mass is 10.1. The van der Waals surface area contributed by atoms with E-state index in [0.29, 0.717) is 17.1 Å². The van der Waals surface area contributed by atoms with Gasteiger partial charge in [0.25, 0.3) is 5.91 Å². The van der Waals surface area contributed by atoms with Gasteiger partial charge in [-0.15, -0.1) is 0 Å². The molecule has 0 aliphatic rings. The summed E-state index contributed by atoms with van der Waals surface area (Å²) in [5.74, 6) is -0.0917. The molecule has 0 spiro atoms. The Hall–Kier alpha value is -3.37. The zero-order chi connectivity index (χ0) is 20.2. The highest BCUT2D eigenvalue weighted by Gasteiger charge is 2.23. The SMILES string of the molecule is CN(Cc1ccccc1)C(=O)c1cnn(-c2ccccc2Cl)c1-c1ccccc1. The normalized spacial score (nSPS) is 10.7. The maximum absolute atomic E-state index is 13.3. The minimum absolute atomic E-state index is 0.0917. The molecule has 29 heavy (non-hydrogen) atoms. The molecule has 4 nitrogen and oxygen atoms in total. The topological polar surface area (TPSA) is 38.1 Å². The zero-order valence-corrected chi connectivity index (χ0v) is 16.8. The first-order valence-corrected chi connectivity index (χ1v) is 9.70. The van der Waals surface area contributed by atoms with Crippen LogP contribution in [0.5, 0.6) is 0 Å². The summed E-state index contributed by atoms with van der Waals surface area (Å²) >= 11 is 6.42. The first-order chi connectivity index (χ1) is 14.1. The third-order valence-corrected chi connectivity index (χ3v) is 5.06. The number of para-hydroxylation sites is 1. The van der Waals surface area contributed by atoms with E-state index >= 15 is 0 Å². The zero-order valence-electron chi connectivity index (χ0n) is 16.0. The number of nitrogens with zero attached hydrogens (tertiary/aromatic N) is 3. The van der Waals surface area contributed by atoms with Crippen LogP contribution < -0.4 is 0 Å². The van der Waals surface area contributed by atoms with Crippen molar-refractivity contribution in [2.45, 2.75) is 6.54 Å². The molecule has 0 aliphatic carbocycles. The Bertz CT molecular complexity index is 1120. The average Bonchev–Trinajstić information content (AvgIpc) is 3.19. The molecule has 0 radical (unpaired) electrons. The Balaban J connectivity index is 1.78. The van der Waals surface area contributed by atoms with Crippen LogP contribution in [0.15, 0.2) is 91.1 Å². The molecular formula is C24H20ClN3O. The molecule has 1 aromatic heterocycles. The number of rotatable bonds is 5. The third-order valence-electron chi connectivity index (χ3n) is 4.74. The van der Waals surface area contributed by atoms with E-state index in [-0.39, 0.29) is 5.91 Å². The van der Waals surface area contributed by atoms with E-state index in [2.05, 4.69) is 5.10 Å². The minimum Gasteiger partial charge on any atom is -0.337 e. The first kappa shape index (κ1) is 19.0. The summed E-state index contributed by atoms with van der Waals surface area (Å²) in [6.45, 7) is 0.519. The molecule has 4 rings (SSSR count). The third kappa shape index (κ3) is 3.93. The van der Waals surface area contributed by atoms with Crippen molar-refractivity contribution >= 4 is 17.5 Å². The van der Waals surface area contributed by atoms with Gasteiger partial charge in [0.1, 0.15) is 0 Å². The molecule has 0 bridgehead atoms. The minimum atomic E-state index is -0.0917. The van der Waals surface area contributed by atoms with Crippen LogP contribution in [0.25, 0.3) is 16.9 Å². The van der Waals surface area contributed by atoms with Crippen LogP contribution in [0.4, 0.5) is 0 Å². The van der Waals surface area contributed by atoms with Gasteiger partial charge in [0.05, 0.1) is 28.2 Å². The van der Waals surface area contributed by atoms with E-state index < -0.39 is 0 Å². The van der Waals surface area contributed by atoms with Crippen LogP contribution in [0.1, 0.15) is 15.9 Å². The molecular weight excluding hydrogens is 382 g/mol. The molecule has 0 unspecified atom stereocenters. The van der Waals surface area contributed by atoms with Crippen molar-refractivity contribution in [1.82, 2.24) is 14.7 Å². The van der Waals surface area contributed by atoms with Gasteiger partial charge in [-0.05, 0) is 17.7 Å². The van der Waals surface area contributed by atoms with Crippen molar-refractivity contribution < 1.29 is 4.79 Å². The molecule has 4 aromatic rings. The maximum Gasteiger partial charge on any atom is 0.257 e. The highest BCUT2D eigenvalue weighted by atomic mass is 35.5. The van der Waals surface area contributed by atoms with Crippen LogP contribution in [-0.4, -0.2) is 27.6 Å². The predicted octanol–water partition coefficient (Wildman–Crippen LogP) is 5.46. The summed E-state index contributed by atoms with van der Waals surface area (Å²) in [6, 6.07) is 27.2. The van der Waals surface area contributed by atoms with E-state index in [1.165, 1.54) is 0 Å². The van der Waals surface area contributed by atoms with Gasteiger partial charge in [-0.1, -0.05) is 84.4 Å². The summed E-state index contributed by atoms with van der Waals surface area (Å²) in [6.07, 6.45) is 1.62. The van der Waals surface area contributed by atoms with E-state index in [1.54, 1.807) is 22.8 Å². The van der Waals surface area contributed by atoms with E-state index in [0.717, 1.165) is 22.5 Å². The van der Waals surface area contributed by atoms with Crippen molar-refractivity contribution in [1.29, 1.82) is 0 Å². The van der Waals surface area contributed by atoms with Crippen molar-refractivity contribution in [3.8, 4) is 16.9 Å². The lowest BCUT2D eigenvalue weighted by molar-refractivity contribution is 0.0786. The molecule has 0 N–H and O–H groups in total. The van der Waals surface area contributed by atoms with Gasteiger partial charge < -0.3 is 4.90 Å². The van der Waals surface area contributed by atoms with Crippen molar-refractivity contribution in [3.63, 3.8) is 0 Å². The molecule has 0 atom stereocenters. The Labute approximate surface area is 175 Å². The van der Waals surface area contributed by atoms with E-state index in [1.807, 2.05) is 84.9 Å². The smallest absolute Gasteiger partial charge is 0.257 e. The summed E-state index contributed by atoms with van der Waals surface area (Å²) in [4.78, 5) is 15.0. The maximum atomic E-state index is 13.3. The highest BCUT2D eigenvalue weighted by Crippen LogP contribution is 2.30. The standard InChI is InChI=1S/C24H20ClN3O/c1-27(17-18-10-4-2-5-11-18)24(29)20-16-26-28(22-15-9-8-14-21(22)25)23(20)19-12-6-3-7-13-19/h2-16H,17H2,1H3. The number of carbonyl (C=O) groups excluding carboxylic acids is 1. The Morgan fingerprint density at radius 1 is 0.931 bits per heavy atom. The van der Waals surface area contributed by atoms with Crippen molar-refractivity contribution in [2.75, 3.05) is 7.05 Å². The van der Waals surface area contributed by atoms with Crippen LogP contribution in [0.3, 0.4) is 0 Å². The second-order valence-corrected chi connectivity index (χ2v) is 7.19. The largest absolute Gasteiger partial charge is 0.337 e. The monoisotopic (exact) mass is 401 g/mol. The van der Waals surface area contributed by atoms with Crippen molar-refractivity contribution in [2.24, 2.45) is 0 Å². The van der Waals surface area contributed by atoms with Gasteiger partial charge in [-0.2, -0.15) is 5.10 Å². The Morgan fingerprint density at radius 3 is 2.24 bits per heavy atom. The Morgan fingerprint density at radius 2 is 1.55 bits per heavy atom. The molecule has 1 amide bonds. The summed E-state index contributed by atoms with van der Waals surface area (Å²) < 4.78 is 1.74. The fourth-order valence-corrected chi connectivity index (χ4v) is 3.54. The number of hydrogen-bond acceptors (Lipinski definition) is 2. The molecule has 0 saturated carbocycles. The second-order valence-electron chi connectivity index (χ2n) is 6.78. The van der Waals surface area contributed by atoms with E-state index in [4.69, 9.17) is 11.6 Å². The van der Waals surface area contributed by atoms with Gasteiger partial charge in [-0.3, -0.25) is 4.79 Å². The van der Waals surface area contributed by atoms with Gasteiger partial charge in [0.2, 0.25) is 0 Å². The molecule has 0 fully saturated rings. The lowest BCUT2D eigenvalue weighted by Gasteiger charge is -2.18. The first-order valence-electron chi connectivity index (χ1n) is 9.33. The number of carbonyl (C=O) groups is 1. The molecule has 0 saturated heterocycles. The van der Waals surface area contributed by atoms with Gasteiger partial charge in [0, 0.05) is 19.2 Å². The average molecular weight is 402 g/mol. The fraction of sp³-hybridized carbons (Fsp3) is 0.0833. The second kappa shape index (κ2) is 8.33. The summed E-state index contributed by atoms with van der Waals surface area (Å²) in [5, 5.41) is 5.09. The van der Waals surface area contributed by atoms with Gasteiger partial charge in [-0.25, -0.2) is 4.68 Å². The lowest BCUT2D eigenvalue weighted by Crippen LogP contribution is -2.26. The quantitative estimate of drug-likeness (QED) is 0.445. The molecule has 3 aromatic carbocycles. The van der Waals surface area contributed by atoms with Gasteiger partial charge >= 0.3 is 0 Å². The van der Waals surface area contributed by atoms with E-state index in [9.17, 15) is 4.79 Å². The number of hydrogen-bond donors (Lipinski definition) is 0. The van der Waals surface area contributed by atoms with Crippen LogP contribution in [0.2, 0.25) is 5.02 Å². The number of amides is 1. The van der Waals surface area contributed by atoms with Crippen LogP contribution >= 0.6 is 11.6 Å². The van der Waals surface area contributed by atoms with Gasteiger partial charge in [0.15, 0.2) is 0 Å². The van der Waals surface area contributed by atoms with Crippen molar-refractivity contribution in [3.05, 3.63) is 107 Å². The molecule has 1 heterocycles. The highest BCUT2D eigenvalue weighted by molar-refractivity contribution is 6.32. The number of halogens is 1. The molecule has 144 valence electrons. The van der Waals surface area contributed by atoms with Crippen LogP contribution in [-0.2, 0) is 6.54 Å².